The molecule has 0 radical (unpaired) electrons. The van der Waals surface area contributed by atoms with Crippen molar-refractivity contribution in [1.29, 1.82) is 0 Å². The lowest BCUT2D eigenvalue weighted by molar-refractivity contribution is -0.137. The van der Waals surface area contributed by atoms with E-state index < -0.39 is 17.5 Å². The number of halogens is 4. The van der Waals surface area contributed by atoms with Crippen molar-refractivity contribution in [3.05, 3.63) is 28.5 Å². The minimum absolute atomic E-state index is 0.0945. The summed E-state index contributed by atoms with van der Waals surface area (Å²) in [7, 11) is 1.51. The molecule has 1 N–H and O–H groups in total. The van der Waals surface area contributed by atoms with Gasteiger partial charge in [0.05, 0.1) is 17.7 Å². The Labute approximate surface area is 94.6 Å². The van der Waals surface area contributed by atoms with Gasteiger partial charge in [-0.1, -0.05) is 11.6 Å². The third-order valence-electron chi connectivity index (χ3n) is 1.80. The molecule has 0 aliphatic rings. The zero-order chi connectivity index (χ0) is 12.3. The van der Waals surface area contributed by atoms with Gasteiger partial charge < -0.3 is 5.32 Å². The van der Waals surface area contributed by atoms with Crippen LogP contribution in [0.4, 0.5) is 13.2 Å². The van der Waals surface area contributed by atoms with E-state index in [0.717, 1.165) is 0 Å². The predicted molar refractivity (Wildman–Crippen MR) is 52.5 cm³/mol. The molecule has 16 heavy (non-hydrogen) atoms. The summed E-state index contributed by atoms with van der Waals surface area (Å²) in [4.78, 5) is 14.7. The highest BCUT2D eigenvalue weighted by Gasteiger charge is 2.32. The van der Waals surface area contributed by atoms with Gasteiger partial charge in [0, 0.05) is 6.20 Å². The van der Waals surface area contributed by atoms with Crippen LogP contribution in [0.25, 0.3) is 0 Å². The second-order valence-corrected chi connectivity index (χ2v) is 3.37. The van der Waals surface area contributed by atoms with E-state index in [1.54, 1.807) is 0 Å². The van der Waals surface area contributed by atoms with E-state index in [2.05, 4.69) is 10.3 Å². The summed E-state index contributed by atoms with van der Waals surface area (Å²) in [5.41, 5.74) is -1.22. The van der Waals surface area contributed by atoms with Gasteiger partial charge in [-0.05, 0) is 13.1 Å². The Kier molecular flexibility index (Phi) is 3.88. The maximum Gasteiger partial charge on any atom is 0.417 e. The number of alkyl halides is 3. The fourth-order valence-corrected chi connectivity index (χ4v) is 1.26. The minimum atomic E-state index is -4.54. The molecule has 7 heteroatoms. The topological polar surface area (TPSA) is 42.0 Å². The first-order valence-corrected chi connectivity index (χ1v) is 4.64. The highest BCUT2D eigenvalue weighted by atomic mass is 35.5. The van der Waals surface area contributed by atoms with Crippen LogP contribution in [0.3, 0.4) is 0 Å². The Balaban J connectivity index is 3.14. The molecule has 1 heterocycles. The molecule has 0 atom stereocenters. The average Bonchev–Trinajstić information content (AvgIpc) is 2.16. The number of rotatable bonds is 3. The Morgan fingerprint density at radius 3 is 2.69 bits per heavy atom. The summed E-state index contributed by atoms with van der Waals surface area (Å²) < 4.78 is 37.0. The van der Waals surface area contributed by atoms with Crippen LogP contribution in [-0.4, -0.2) is 24.4 Å². The van der Waals surface area contributed by atoms with Gasteiger partial charge in [-0.15, -0.1) is 0 Å². The number of pyridine rings is 1. The molecule has 0 saturated heterocycles. The molecule has 0 aliphatic heterocycles. The molecule has 0 unspecified atom stereocenters. The maximum atomic E-state index is 12.3. The Bertz CT molecular complexity index is 406. The van der Waals surface area contributed by atoms with Crippen molar-refractivity contribution in [3.63, 3.8) is 0 Å². The van der Waals surface area contributed by atoms with Crippen molar-refractivity contribution in [2.45, 2.75) is 6.18 Å². The van der Waals surface area contributed by atoms with Gasteiger partial charge in [0.1, 0.15) is 5.15 Å². The summed E-state index contributed by atoms with van der Waals surface area (Å²) in [6.45, 7) is -0.0945. The van der Waals surface area contributed by atoms with Gasteiger partial charge in [0.2, 0.25) is 0 Å². The number of nitrogens with one attached hydrogen (secondary N) is 1. The Hall–Kier alpha value is -1.14. The fourth-order valence-electron chi connectivity index (χ4n) is 1.05. The van der Waals surface area contributed by atoms with E-state index in [-0.39, 0.29) is 17.3 Å². The maximum absolute atomic E-state index is 12.3. The molecular weight excluding hydrogens is 245 g/mol. The minimum Gasteiger partial charge on any atom is -0.313 e. The van der Waals surface area contributed by atoms with E-state index in [0.29, 0.717) is 12.3 Å². The van der Waals surface area contributed by atoms with E-state index in [1.807, 2.05) is 0 Å². The summed E-state index contributed by atoms with van der Waals surface area (Å²) >= 11 is 5.55. The van der Waals surface area contributed by atoms with Crippen LogP contribution in [0, 0.1) is 0 Å². The van der Waals surface area contributed by atoms with Gasteiger partial charge in [-0.2, -0.15) is 13.2 Å². The Morgan fingerprint density at radius 2 is 2.19 bits per heavy atom. The van der Waals surface area contributed by atoms with Crippen molar-refractivity contribution >= 4 is 17.4 Å². The number of nitrogens with zero attached hydrogens (tertiary/aromatic N) is 1. The zero-order valence-corrected chi connectivity index (χ0v) is 8.99. The first-order valence-electron chi connectivity index (χ1n) is 4.26. The summed E-state index contributed by atoms with van der Waals surface area (Å²) in [6.07, 6.45) is -3.94. The fraction of sp³-hybridized carbons (Fsp3) is 0.333. The molecular formula is C9H8ClF3N2O. The van der Waals surface area contributed by atoms with Crippen LogP contribution in [-0.2, 0) is 6.18 Å². The summed E-state index contributed by atoms with van der Waals surface area (Å²) in [5.74, 6) is -0.536. The molecule has 0 aliphatic carbocycles. The molecule has 0 fully saturated rings. The molecule has 88 valence electrons. The number of hydrogen-bond donors (Lipinski definition) is 1. The van der Waals surface area contributed by atoms with Gasteiger partial charge in [-0.3, -0.25) is 4.79 Å². The number of hydrogen-bond acceptors (Lipinski definition) is 3. The molecule has 0 aromatic carbocycles. The second kappa shape index (κ2) is 4.80. The van der Waals surface area contributed by atoms with Gasteiger partial charge in [-0.25, -0.2) is 4.98 Å². The Morgan fingerprint density at radius 1 is 1.56 bits per heavy atom. The average molecular weight is 253 g/mol. The third kappa shape index (κ3) is 2.93. The predicted octanol–water partition coefficient (Wildman–Crippen LogP) is 2.16. The van der Waals surface area contributed by atoms with Crippen molar-refractivity contribution < 1.29 is 18.0 Å². The van der Waals surface area contributed by atoms with Crippen molar-refractivity contribution in [2.75, 3.05) is 13.6 Å². The van der Waals surface area contributed by atoms with E-state index >= 15 is 0 Å². The number of Topliss-reactive ketones (excluding diaryl/α,β-unsaturated/α-hetero) is 1. The number of carbonyl (C=O) groups is 1. The number of carbonyl (C=O) groups excluding carboxylic acids is 1. The van der Waals surface area contributed by atoms with E-state index in [9.17, 15) is 18.0 Å². The standard InChI is InChI=1S/C9H8ClF3N2O/c1-14-4-7(16)6-2-5(9(11,12)13)3-15-8(6)10/h2-3,14H,4H2,1H3. The van der Waals surface area contributed by atoms with Crippen LogP contribution >= 0.6 is 11.6 Å². The highest BCUT2D eigenvalue weighted by Crippen LogP contribution is 2.30. The monoisotopic (exact) mass is 252 g/mol. The van der Waals surface area contributed by atoms with Crippen molar-refractivity contribution in [3.8, 4) is 0 Å². The zero-order valence-electron chi connectivity index (χ0n) is 8.23. The molecule has 1 aromatic heterocycles. The first-order chi connectivity index (χ1) is 7.36. The molecule has 1 aromatic rings. The summed E-state index contributed by atoms with van der Waals surface area (Å²) in [6, 6.07) is 0.703. The quantitative estimate of drug-likeness (QED) is 0.662. The number of likely N-dealkylation sites (N-methyl/N-ethyl adjacent to an activating group) is 1. The van der Waals surface area contributed by atoms with Crippen molar-refractivity contribution in [1.82, 2.24) is 10.3 Å². The lowest BCUT2D eigenvalue weighted by Gasteiger charge is -2.08. The molecule has 0 saturated carbocycles. The van der Waals surface area contributed by atoms with Gasteiger partial charge in [0.15, 0.2) is 5.78 Å². The summed E-state index contributed by atoms with van der Waals surface area (Å²) in [5, 5.41) is 2.31. The van der Waals surface area contributed by atoms with Crippen LogP contribution in [0.1, 0.15) is 15.9 Å². The van der Waals surface area contributed by atoms with E-state index in [1.165, 1.54) is 7.05 Å². The van der Waals surface area contributed by atoms with E-state index in [4.69, 9.17) is 11.6 Å². The van der Waals surface area contributed by atoms with Crippen LogP contribution in [0.15, 0.2) is 12.3 Å². The smallest absolute Gasteiger partial charge is 0.313 e. The van der Waals surface area contributed by atoms with Gasteiger partial charge in [0.25, 0.3) is 0 Å². The molecule has 1 rings (SSSR count). The lowest BCUT2D eigenvalue weighted by atomic mass is 10.1. The lowest BCUT2D eigenvalue weighted by Crippen LogP contribution is -2.20. The third-order valence-corrected chi connectivity index (χ3v) is 2.11. The molecule has 0 amide bonds. The second-order valence-electron chi connectivity index (χ2n) is 3.01. The first kappa shape index (κ1) is 12.9. The number of ketones is 1. The molecule has 3 nitrogen and oxygen atoms in total. The van der Waals surface area contributed by atoms with Crippen LogP contribution in [0.2, 0.25) is 5.15 Å². The largest absolute Gasteiger partial charge is 0.417 e. The molecule has 0 bridgehead atoms. The normalized spacial score (nSPS) is 11.6. The SMILES string of the molecule is CNCC(=O)c1cc(C(F)(F)F)cnc1Cl. The van der Waals surface area contributed by atoms with Crippen LogP contribution in [0.5, 0.6) is 0 Å². The number of aromatic nitrogens is 1. The highest BCUT2D eigenvalue weighted by molar-refractivity contribution is 6.32. The van der Waals surface area contributed by atoms with Crippen molar-refractivity contribution in [2.24, 2.45) is 0 Å². The van der Waals surface area contributed by atoms with Crippen LogP contribution < -0.4 is 5.32 Å². The van der Waals surface area contributed by atoms with Gasteiger partial charge >= 0.3 is 6.18 Å². The molecule has 0 spiro atoms.